The Morgan fingerprint density at radius 3 is 2.05 bits per heavy atom. The Labute approximate surface area is 112 Å². The van der Waals surface area contributed by atoms with Gasteiger partial charge in [0.2, 0.25) is 0 Å². The highest BCUT2D eigenvalue weighted by Crippen LogP contribution is 2.15. The van der Waals surface area contributed by atoms with Crippen molar-refractivity contribution in [3.63, 3.8) is 0 Å². The van der Waals surface area contributed by atoms with Crippen LogP contribution in [0.25, 0.3) is 0 Å². The predicted octanol–water partition coefficient (Wildman–Crippen LogP) is 2.44. The van der Waals surface area contributed by atoms with Gasteiger partial charge in [0.25, 0.3) is 0 Å². The van der Waals surface area contributed by atoms with Crippen molar-refractivity contribution in [3.05, 3.63) is 28.6 Å². The second-order valence-corrected chi connectivity index (χ2v) is 4.11. The van der Waals surface area contributed by atoms with Crippen molar-refractivity contribution >= 4 is 11.9 Å². The fourth-order valence-corrected chi connectivity index (χ4v) is 1.62. The molecule has 1 rings (SSSR count). The molecule has 1 aromatic heterocycles. The highest BCUT2D eigenvalue weighted by Gasteiger charge is 2.18. The summed E-state index contributed by atoms with van der Waals surface area (Å²) in [6.45, 7) is 7.69. The first-order chi connectivity index (χ1) is 9.01. The summed E-state index contributed by atoms with van der Waals surface area (Å²) in [4.78, 5) is 27.8. The van der Waals surface area contributed by atoms with Crippen LogP contribution in [-0.2, 0) is 9.47 Å². The summed E-state index contributed by atoms with van der Waals surface area (Å²) in [5.41, 5.74) is 1.70. The number of ether oxygens (including phenoxy) is 2. The number of hydrogen-bond donors (Lipinski definition) is 0. The van der Waals surface area contributed by atoms with Crippen LogP contribution >= 0.6 is 0 Å². The van der Waals surface area contributed by atoms with Gasteiger partial charge in [-0.25, -0.2) is 9.59 Å². The van der Waals surface area contributed by atoms with Gasteiger partial charge in [0.15, 0.2) is 0 Å². The Balaban J connectivity index is 3.09. The molecule has 0 spiro atoms. The molecule has 5 nitrogen and oxygen atoms in total. The van der Waals surface area contributed by atoms with E-state index in [4.69, 9.17) is 9.47 Å². The minimum absolute atomic E-state index is 0.280. The van der Waals surface area contributed by atoms with Gasteiger partial charge in [0.05, 0.1) is 35.7 Å². The second kappa shape index (κ2) is 6.87. The van der Waals surface area contributed by atoms with Crippen LogP contribution in [0.3, 0.4) is 0 Å². The molecule has 0 bridgehead atoms. The molecule has 0 atom stereocenters. The molecule has 0 fully saturated rings. The Morgan fingerprint density at radius 1 is 1.05 bits per heavy atom. The van der Waals surface area contributed by atoms with E-state index in [2.05, 4.69) is 4.98 Å². The van der Waals surface area contributed by atoms with E-state index in [-0.39, 0.29) is 6.61 Å². The van der Waals surface area contributed by atoms with Crippen molar-refractivity contribution in [3.8, 4) is 0 Å². The highest BCUT2D eigenvalue weighted by molar-refractivity contribution is 5.96. The van der Waals surface area contributed by atoms with Crippen molar-refractivity contribution in [2.75, 3.05) is 13.2 Å². The largest absolute Gasteiger partial charge is 0.462 e. The smallest absolute Gasteiger partial charge is 0.340 e. The third kappa shape index (κ3) is 3.77. The van der Waals surface area contributed by atoms with Gasteiger partial charge in [-0.15, -0.1) is 0 Å². The summed E-state index contributed by atoms with van der Waals surface area (Å²) in [5, 5.41) is 0. The van der Waals surface area contributed by atoms with Crippen LogP contribution < -0.4 is 0 Å². The third-order valence-corrected chi connectivity index (χ3v) is 2.56. The maximum Gasteiger partial charge on any atom is 0.340 e. The zero-order valence-corrected chi connectivity index (χ0v) is 11.8. The van der Waals surface area contributed by atoms with Crippen LogP contribution in [0.1, 0.15) is 52.4 Å². The number of rotatable bonds is 5. The first-order valence-corrected chi connectivity index (χ1v) is 6.33. The number of carbonyl (C=O) groups is 2. The third-order valence-electron chi connectivity index (χ3n) is 2.56. The molecule has 0 unspecified atom stereocenters. The average molecular weight is 265 g/mol. The van der Waals surface area contributed by atoms with Crippen molar-refractivity contribution < 1.29 is 19.1 Å². The minimum Gasteiger partial charge on any atom is -0.462 e. The monoisotopic (exact) mass is 265 g/mol. The van der Waals surface area contributed by atoms with Crippen LogP contribution in [0.15, 0.2) is 6.07 Å². The summed E-state index contributed by atoms with van der Waals surface area (Å²) < 4.78 is 10.00. The van der Waals surface area contributed by atoms with Crippen LogP contribution in [0.2, 0.25) is 0 Å². The van der Waals surface area contributed by atoms with Crippen molar-refractivity contribution in [1.82, 2.24) is 4.98 Å². The van der Waals surface area contributed by atoms with E-state index in [1.807, 2.05) is 6.92 Å². The van der Waals surface area contributed by atoms with E-state index >= 15 is 0 Å². The summed E-state index contributed by atoms with van der Waals surface area (Å²) in [6, 6.07) is 1.49. The fourth-order valence-electron chi connectivity index (χ4n) is 1.62. The molecule has 0 aliphatic heterocycles. The maximum atomic E-state index is 11.9. The molecule has 0 amide bonds. The topological polar surface area (TPSA) is 65.5 Å². The standard InChI is InChI=1S/C14H19NO4/c1-5-7-19-14(17)12-8-11(13(16)18-6-2)9(3)15-10(12)4/h8H,5-7H2,1-4H3. The number of pyridine rings is 1. The van der Waals surface area contributed by atoms with E-state index in [9.17, 15) is 9.59 Å². The summed E-state index contributed by atoms with van der Waals surface area (Å²) in [7, 11) is 0. The number of aryl methyl sites for hydroxylation is 2. The Bertz CT molecular complexity index is 483. The average Bonchev–Trinajstić information content (AvgIpc) is 2.36. The van der Waals surface area contributed by atoms with Gasteiger partial charge in [0.1, 0.15) is 0 Å². The minimum atomic E-state index is -0.475. The molecule has 0 saturated carbocycles. The van der Waals surface area contributed by atoms with Gasteiger partial charge in [-0.2, -0.15) is 0 Å². The normalized spacial score (nSPS) is 10.1. The number of aromatic nitrogens is 1. The fraction of sp³-hybridized carbons (Fsp3) is 0.500. The molecule has 0 aliphatic rings. The molecule has 104 valence electrons. The van der Waals surface area contributed by atoms with E-state index < -0.39 is 11.9 Å². The number of carbonyl (C=O) groups excluding carboxylic acids is 2. The van der Waals surface area contributed by atoms with Gasteiger partial charge in [-0.1, -0.05) is 6.92 Å². The van der Waals surface area contributed by atoms with Crippen LogP contribution in [0.4, 0.5) is 0 Å². The predicted molar refractivity (Wildman–Crippen MR) is 70.2 cm³/mol. The van der Waals surface area contributed by atoms with Crippen LogP contribution in [-0.4, -0.2) is 30.1 Å². The summed E-state index contributed by atoms with van der Waals surface area (Å²) in [6.07, 6.45) is 0.745. The molecule has 0 aromatic carbocycles. The lowest BCUT2D eigenvalue weighted by molar-refractivity contribution is 0.0503. The molecular weight excluding hydrogens is 246 g/mol. The quantitative estimate of drug-likeness (QED) is 0.765. The van der Waals surface area contributed by atoms with Crippen LogP contribution in [0, 0.1) is 13.8 Å². The van der Waals surface area contributed by atoms with Crippen molar-refractivity contribution in [1.29, 1.82) is 0 Å². The molecule has 0 radical (unpaired) electrons. The molecule has 0 aliphatic carbocycles. The molecule has 1 aromatic rings. The lowest BCUT2D eigenvalue weighted by Gasteiger charge is -2.10. The Morgan fingerprint density at radius 2 is 1.58 bits per heavy atom. The molecular formula is C14H19NO4. The van der Waals surface area contributed by atoms with Gasteiger partial charge in [-0.3, -0.25) is 4.98 Å². The van der Waals surface area contributed by atoms with Crippen molar-refractivity contribution in [2.24, 2.45) is 0 Å². The Kier molecular flexibility index (Phi) is 5.48. The van der Waals surface area contributed by atoms with Crippen LogP contribution in [0.5, 0.6) is 0 Å². The first-order valence-electron chi connectivity index (χ1n) is 6.33. The SMILES string of the molecule is CCCOC(=O)c1cc(C(=O)OCC)c(C)nc1C. The van der Waals surface area contributed by atoms with E-state index in [0.29, 0.717) is 29.1 Å². The number of hydrogen-bond acceptors (Lipinski definition) is 5. The number of nitrogens with zero attached hydrogens (tertiary/aromatic N) is 1. The van der Waals surface area contributed by atoms with Gasteiger partial charge in [-0.05, 0) is 33.3 Å². The lowest BCUT2D eigenvalue weighted by atomic mass is 10.1. The summed E-state index contributed by atoms with van der Waals surface area (Å²) in [5.74, 6) is -0.936. The molecule has 19 heavy (non-hydrogen) atoms. The highest BCUT2D eigenvalue weighted by atomic mass is 16.5. The zero-order chi connectivity index (χ0) is 14.4. The summed E-state index contributed by atoms with van der Waals surface area (Å²) >= 11 is 0. The van der Waals surface area contributed by atoms with E-state index in [0.717, 1.165) is 6.42 Å². The van der Waals surface area contributed by atoms with Gasteiger partial charge < -0.3 is 9.47 Å². The van der Waals surface area contributed by atoms with E-state index in [1.165, 1.54) is 6.07 Å². The molecule has 1 heterocycles. The van der Waals surface area contributed by atoms with Gasteiger partial charge in [0, 0.05) is 0 Å². The molecule has 0 saturated heterocycles. The lowest BCUT2D eigenvalue weighted by Crippen LogP contribution is -2.14. The first kappa shape index (κ1) is 15.1. The zero-order valence-electron chi connectivity index (χ0n) is 11.8. The van der Waals surface area contributed by atoms with Gasteiger partial charge >= 0.3 is 11.9 Å². The second-order valence-electron chi connectivity index (χ2n) is 4.11. The molecule has 0 N–H and O–H groups in total. The number of esters is 2. The van der Waals surface area contributed by atoms with Crippen molar-refractivity contribution in [2.45, 2.75) is 34.1 Å². The van der Waals surface area contributed by atoms with E-state index in [1.54, 1.807) is 20.8 Å². The molecule has 5 heteroatoms. The Hall–Kier alpha value is -1.91. The maximum absolute atomic E-state index is 11.9.